The monoisotopic (exact) mass is 367 g/mol. The second-order valence-corrected chi connectivity index (χ2v) is 14.6. The van der Waals surface area contributed by atoms with Crippen LogP contribution in [0.2, 0.25) is 10.1 Å². The molecule has 4 heterocycles. The number of carbonyl (C=O) groups excluding carboxylic acids is 1. The number of carbonyl (C=O) groups is 1. The molecule has 3 fully saturated rings. The van der Waals surface area contributed by atoms with E-state index < -0.39 is 8.56 Å². The van der Waals surface area contributed by atoms with Crippen LogP contribution >= 0.6 is 0 Å². The summed E-state index contributed by atoms with van der Waals surface area (Å²) in [6, 6.07) is 0. The topological polar surface area (TPSA) is 66.3 Å². The van der Waals surface area contributed by atoms with Gasteiger partial charge >= 0.3 is 14.5 Å². The van der Waals surface area contributed by atoms with Gasteiger partial charge in [0.25, 0.3) is 0 Å². The molecule has 0 saturated carbocycles. The van der Waals surface area contributed by atoms with Crippen LogP contribution in [-0.4, -0.2) is 51.4 Å². The first-order valence-corrected chi connectivity index (χ1v) is 11.0. The Hall–Kier alpha value is -0.763. The van der Waals surface area contributed by atoms with Crippen molar-refractivity contribution >= 4 is 20.2 Å². The molecule has 0 amide bonds. The highest BCUT2D eigenvalue weighted by molar-refractivity contribution is 6.73. The van der Waals surface area contributed by atoms with Gasteiger partial charge in [0.2, 0.25) is 0 Å². The van der Waals surface area contributed by atoms with Gasteiger partial charge in [-0.2, -0.15) is 0 Å². The van der Waals surface area contributed by atoms with Gasteiger partial charge < -0.3 is 18.3 Å². The standard InChI is InChI=1S/C18H29NO5Si/c1-9-11-12-14(23-16(11)20)13-10(22-15(12)19-9)8-21-25(24-13,17(2,3)4)18(5,6)7/h10-15H,8H2,1-7H3/t10-,11?,12+,13-,14-,15-/m1/s1. The van der Waals surface area contributed by atoms with E-state index in [1.165, 1.54) is 0 Å². The van der Waals surface area contributed by atoms with Crippen LogP contribution in [0.1, 0.15) is 48.5 Å². The average Bonchev–Trinajstić information content (AvgIpc) is 2.98. The summed E-state index contributed by atoms with van der Waals surface area (Å²) in [7, 11) is -2.63. The van der Waals surface area contributed by atoms with Gasteiger partial charge in [0.15, 0.2) is 6.23 Å². The molecule has 0 aromatic rings. The number of rotatable bonds is 0. The Bertz CT molecular complexity index is 620. The lowest BCUT2D eigenvalue weighted by Crippen LogP contribution is -2.69. The highest BCUT2D eigenvalue weighted by Gasteiger charge is 2.68. The summed E-state index contributed by atoms with van der Waals surface area (Å²) >= 11 is 0. The minimum atomic E-state index is -2.63. The highest BCUT2D eigenvalue weighted by Crippen LogP contribution is 2.57. The molecule has 140 valence electrons. The van der Waals surface area contributed by atoms with Crippen LogP contribution in [0, 0.1) is 11.8 Å². The number of fused-ring (bicyclic) bond motifs is 2. The zero-order chi connectivity index (χ0) is 18.4. The molecule has 6 atom stereocenters. The molecule has 4 rings (SSSR count). The molecule has 7 heteroatoms. The third kappa shape index (κ3) is 2.25. The van der Waals surface area contributed by atoms with Gasteiger partial charge in [-0.3, -0.25) is 9.79 Å². The fourth-order valence-corrected chi connectivity index (χ4v) is 10.2. The van der Waals surface area contributed by atoms with Crippen molar-refractivity contribution in [2.24, 2.45) is 16.8 Å². The Balaban J connectivity index is 1.71. The first-order valence-electron chi connectivity index (χ1n) is 9.18. The van der Waals surface area contributed by atoms with Crippen molar-refractivity contribution in [1.82, 2.24) is 0 Å². The van der Waals surface area contributed by atoms with Gasteiger partial charge in [-0.15, -0.1) is 0 Å². The van der Waals surface area contributed by atoms with Gasteiger partial charge in [0.1, 0.15) is 24.2 Å². The minimum absolute atomic E-state index is 0.0570. The number of aliphatic imine (C=N–C) groups is 1. The molecule has 6 nitrogen and oxygen atoms in total. The Morgan fingerprint density at radius 1 is 1.08 bits per heavy atom. The summed E-state index contributed by atoms with van der Waals surface area (Å²) in [5.41, 5.74) is 0.817. The van der Waals surface area contributed by atoms with Crippen LogP contribution < -0.4 is 0 Å². The summed E-state index contributed by atoms with van der Waals surface area (Å²) in [6.07, 6.45) is -1.11. The Labute approximate surface area is 150 Å². The first-order chi connectivity index (χ1) is 11.5. The normalized spacial score (nSPS) is 42.5. The van der Waals surface area contributed by atoms with Gasteiger partial charge in [-0.05, 0) is 6.92 Å². The van der Waals surface area contributed by atoms with Crippen molar-refractivity contribution in [1.29, 1.82) is 0 Å². The predicted molar refractivity (Wildman–Crippen MR) is 94.6 cm³/mol. The Kier molecular flexibility index (Phi) is 3.63. The maximum absolute atomic E-state index is 12.4. The summed E-state index contributed by atoms with van der Waals surface area (Å²) in [4.78, 5) is 17.0. The molecule has 0 bridgehead atoms. The molecule has 0 N–H and O–H groups in total. The number of hydrogen-bond donors (Lipinski definition) is 0. The van der Waals surface area contributed by atoms with Crippen LogP contribution in [0.15, 0.2) is 4.99 Å². The molecule has 0 spiro atoms. The summed E-state index contributed by atoms with van der Waals surface area (Å²) in [5, 5.41) is -0.228. The summed E-state index contributed by atoms with van der Waals surface area (Å²) in [6.45, 7) is 15.5. The molecule has 0 radical (unpaired) electrons. The number of nitrogens with zero attached hydrogens (tertiary/aromatic N) is 1. The molecule has 0 aromatic carbocycles. The van der Waals surface area contributed by atoms with Crippen LogP contribution in [0.4, 0.5) is 0 Å². The van der Waals surface area contributed by atoms with E-state index in [1.807, 2.05) is 6.92 Å². The quantitative estimate of drug-likeness (QED) is 0.486. The average molecular weight is 368 g/mol. The zero-order valence-corrected chi connectivity index (χ0v) is 17.2. The van der Waals surface area contributed by atoms with Crippen molar-refractivity contribution in [3.05, 3.63) is 0 Å². The van der Waals surface area contributed by atoms with Gasteiger partial charge in [0.05, 0.1) is 12.5 Å². The number of hydrogen-bond acceptors (Lipinski definition) is 6. The van der Waals surface area contributed by atoms with Crippen molar-refractivity contribution in [2.75, 3.05) is 6.61 Å². The molecule has 3 saturated heterocycles. The van der Waals surface area contributed by atoms with Gasteiger partial charge in [-0.25, -0.2) is 0 Å². The first kappa shape index (κ1) is 17.6. The lowest BCUT2D eigenvalue weighted by Gasteiger charge is -2.56. The maximum Gasteiger partial charge on any atom is 0.349 e. The fraction of sp³-hybridized carbons (Fsp3) is 0.889. The molecule has 25 heavy (non-hydrogen) atoms. The van der Waals surface area contributed by atoms with Crippen molar-refractivity contribution in [3.8, 4) is 0 Å². The highest BCUT2D eigenvalue weighted by atomic mass is 28.4. The fourth-order valence-electron chi connectivity index (χ4n) is 5.26. The molecule has 1 unspecified atom stereocenters. The van der Waals surface area contributed by atoms with Crippen LogP contribution in [0.5, 0.6) is 0 Å². The molecule has 4 aliphatic rings. The van der Waals surface area contributed by atoms with E-state index in [-0.39, 0.29) is 52.4 Å². The van der Waals surface area contributed by atoms with E-state index in [1.54, 1.807) is 0 Å². The molecular formula is C18H29NO5Si. The largest absolute Gasteiger partial charge is 0.459 e. The van der Waals surface area contributed by atoms with Crippen LogP contribution in [0.3, 0.4) is 0 Å². The SMILES string of the molecule is CC1=N[C@@H]2O[C@@H]3CO[Si](C(C)(C)C)(C(C)(C)C)O[C@H]3[C@@H]3OC(=O)C1[C@@H]32. The van der Waals surface area contributed by atoms with E-state index in [0.717, 1.165) is 5.71 Å². The van der Waals surface area contributed by atoms with E-state index in [0.29, 0.717) is 6.61 Å². The second-order valence-electron chi connectivity index (χ2n) is 9.80. The maximum atomic E-state index is 12.4. The number of esters is 1. The second kappa shape index (κ2) is 5.15. The molecule has 0 aliphatic carbocycles. The van der Waals surface area contributed by atoms with Gasteiger partial charge in [-0.1, -0.05) is 41.5 Å². The van der Waals surface area contributed by atoms with Crippen LogP contribution in [-0.2, 0) is 23.1 Å². The lowest BCUT2D eigenvalue weighted by molar-refractivity contribution is -0.214. The number of ether oxygens (including phenoxy) is 2. The van der Waals surface area contributed by atoms with Crippen molar-refractivity contribution < 1.29 is 23.1 Å². The Morgan fingerprint density at radius 3 is 2.32 bits per heavy atom. The summed E-state index contributed by atoms with van der Waals surface area (Å²) < 4.78 is 25.3. The molecule has 0 aromatic heterocycles. The third-order valence-electron chi connectivity index (χ3n) is 6.11. The van der Waals surface area contributed by atoms with Crippen molar-refractivity contribution in [2.45, 2.75) is 83.1 Å². The minimum Gasteiger partial charge on any atom is -0.459 e. The van der Waals surface area contributed by atoms with Crippen LogP contribution in [0.25, 0.3) is 0 Å². The molecular weight excluding hydrogens is 338 g/mol. The lowest BCUT2D eigenvalue weighted by atomic mass is 9.83. The van der Waals surface area contributed by atoms with E-state index in [4.69, 9.17) is 18.3 Å². The van der Waals surface area contributed by atoms with Gasteiger partial charge in [0, 0.05) is 15.8 Å². The molecule has 4 aliphatic heterocycles. The van der Waals surface area contributed by atoms with E-state index >= 15 is 0 Å². The third-order valence-corrected chi connectivity index (χ3v) is 11.2. The zero-order valence-electron chi connectivity index (χ0n) is 16.2. The predicted octanol–water partition coefficient (Wildman–Crippen LogP) is 2.80. The summed E-state index contributed by atoms with van der Waals surface area (Å²) in [5.74, 6) is -0.516. The Morgan fingerprint density at radius 2 is 1.72 bits per heavy atom. The van der Waals surface area contributed by atoms with E-state index in [9.17, 15) is 4.79 Å². The van der Waals surface area contributed by atoms with E-state index in [2.05, 4.69) is 46.5 Å². The smallest absolute Gasteiger partial charge is 0.349 e. The van der Waals surface area contributed by atoms with Crippen molar-refractivity contribution in [3.63, 3.8) is 0 Å².